The molecule has 64 heavy (non-hydrogen) atoms. The smallest absolute Gasteiger partial charge is 0.220 e. The Morgan fingerprint density at radius 3 is 0.984 bits per heavy atom. The molecule has 0 aliphatic carbocycles. The van der Waals surface area contributed by atoms with Gasteiger partial charge >= 0.3 is 0 Å². The summed E-state index contributed by atoms with van der Waals surface area (Å²) in [5.41, 5.74) is 0. The van der Waals surface area contributed by atoms with Gasteiger partial charge in [0.2, 0.25) is 5.91 Å². The highest BCUT2D eigenvalue weighted by Gasteiger charge is 2.26. The summed E-state index contributed by atoms with van der Waals surface area (Å²) >= 11 is 0. The van der Waals surface area contributed by atoms with Crippen molar-refractivity contribution in [1.82, 2.24) is 5.32 Å². The van der Waals surface area contributed by atoms with Gasteiger partial charge in [0.1, 0.15) is 6.10 Å². The fourth-order valence-corrected chi connectivity index (χ4v) is 9.31. The van der Waals surface area contributed by atoms with E-state index in [0.717, 1.165) is 44.9 Å². The maximum absolute atomic E-state index is 12.5. The SMILES string of the molecule is CCCCCCCCCCCCC/C=C\C/C=C\CCCCCCCCCCCCCCCCCCCC(=O)NC(CO)C(O)C(O)CCCCCCCCCCCCCCCCC. The van der Waals surface area contributed by atoms with Crippen LogP contribution in [0.2, 0.25) is 0 Å². The summed E-state index contributed by atoms with van der Waals surface area (Å²) in [6.07, 6.45) is 69.2. The number of amides is 1. The first-order valence-electron chi connectivity index (χ1n) is 29.1. The van der Waals surface area contributed by atoms with Crippen LogP contribution < -0.4 is 5.32 Å². The third-order valence-electron chi connectivity index (χ3n) is 13.8. The second-order valence-electron chi connectivity index (χ2n) is 20.2. The van der Waals surface area contributed by atoms with Gasteiger partial charge in [-0.15, -0.1) is 0 Å². The van der Waals surface area contributed by atoms with Crippen molar-refractivity contribution >= 4 is 5.91 Å². The molecule has 5 heteroatoms. The fraction of sp³-hybridized carbons (Fsp3) is 0.915. The van der Waals surface area contributed by atoms with Crippen molar-refractivity contribution in [3.05, 3.63) is 24.3 Å². The van der Waals surface area contributed by atoms with Gasteiger partial charge in [-0.25, -0.2) is 0 Å². The molecule has 5 nitrogen and oxygen atoms in total. The monoisotopic (exact) mass is 902 g/mol. The fourth-order valence-electron chi connectivity index (χ4n) is 9.31. The maximum atomic E-state index is 12.5. The van der Waals surface area contributed by atoms with E-state index in [9.17, 15) is 20.1 Å². The molecule has 0 aliphatic heterocycles. The van der Waals surface area contributed by atoms with E-state index in [1.807, 2.05) is 0 Å². The van der Waals surface area contributed by atoms with Crippen molar-refractivity contribution in [3.63, 3.8) is 0 Å². The minimum atomic E-state index is -1.13. The number of unbranched alkanes of at least 4 members (excludes halogenated alkanes) is 42. The zero-order valence-corrected chi connectivity index (χ0v) is 43.4. The van der Waals surface area contributed by atoms with Gasteiger partial charge in [-0.1, -0.05) is 295 Å². The average molecular weight is 903 g/mol. The Kier molecular flexibility index (Phi) is 53.4. The van der Waals surface area contributed by atoms with Crippen molar-refractivity contribution in [2.45, 2.75) is 340 Å². The van der Waals surface area contributed by atoms with E-state index in [1.54, 1.807) is 0 Å². The van der Waals surface area contributed by atoms with Crippen LogP contribution in [-0.4, -0.2) is 46.1 Å². The lowest BCUT2D eigenvalue weighted by molar-refractivity contribution is -0.124. The average Bonchev–Trinajstić information content (AvgIpc) is 3.30. The summed E-state index contributed by atoms with van der Waals surface area (Å²) < 4.78 is 0. The number of allylic oxidation sites excluding steroid dienone is 4. The zero-order chi connectivity index (χ0) is 46.5. The second-order valence-corrected chi connectivity index (χ2v) is 20.2. The van der Waals surface area contributed by atoms with Crippen LogP contribution in [0.5, 0.6) is 0 Å². The van der Waals surface area contributed by atoms with Crippen molar-refractivity contribution in [2.75, 3.05) is 6.61 Å². The highest BCUT2D eigenvalue weighted by atomic mass is 16.3. The molecule has 0 saturated heterocycles. The highest BCUT2D eigenvalue weighted by molar-refractivity contribution is 5.76. The molecular formula is C59H115NO4. The first kappa shape index (κ1) is 62.8. The summed E-state index contributed by atoms with van der Waals surface area (Å²) in [7, 11) is 0. The Bertz CT molecular complexity index is 951. The minimum Gasteiger partial charge on any atom is -0.394 e. The van der Waals surface area contributed by atoms with Crippen LogP contribution in [0.1, 0.15) is 322 Å². The van der Waals surface area contributed by atoms with Crippen LogP contribution in [0.25, 0.3) is 0 Å². The maximum Gasteiger partial charge on any atom is 0.220 e. The van der Waals surface area contributed by atoms with E-state index in [4.69, 9.17) is 0 Å². The summed E-state index contributed by atoms with van der Waals surface area (Å²) in [5, 5.41) is 33.7. The molecule has 0 aromatic heterocycles. The largest absolute Gasteiger partial charge is 0.394 e. The normalized spacial score (nSPS) is 13.4. The third kappa shape index (κ3) is 48.8. The van der Waals surface area contributed by atoms with Gasteiger partial charge in [-0.2, -0.15) is 0 Å². The minimum absolute atomic E-state index is 0.140. The molecule has 1 amide bonds. The number of rotatable bonds is 54. The van der Waals surface area contributed by atoms with Crippen molar-refractivity contribution in [2.24, 2.45) is 0 Å². The molecular weight excluding hydrogens is 787 g/mol. The topological polar surface area (TPSA) is 89.8 Å². The Hall–Kier alpha value is -1.17. The molecule has 0 bridgehead atoms. The van der Waals surface area contributed by atoms with Gasteiger partial charge in [0, 0.05) is 6.42 Å². The Labute approximate surface area is 401 Å². The molecule has 3 atom stereocenters. The van der Waals surface area contributed by atoms with Gasteiger partial charge in [-0.05, 0) is 44.9 Å². The number of carbonyl (C=O) groups is 1. The quantitative estimate of drug-likeness (QED) is 0.0362. The summed E-state index contributed by atoms with van der Waals surface area (Å²) in [6, 6.07) is -0.807. The van der Waals surface area contributed by atoms with Crippen LogP contribution >= 0.6 is 0 Å². The molecule has 3 unspecified atom stereocenters. The van der Waals surface area contributed by atoms with E-state index < -0.39 is 18.2 Å². The molecule has 380 valence electrons. The molecule has 0 fully saturated rings. The molecule has 0 aromatic carbocycles. The predicted molar refractivity (Wildman–Crippen MR) is 282 cm³/mol. The predicted octanol–water partition coefficient (Wildman–Crippen LogP) is 18.1. The van der Waals surface area contributed by atoms with Crippen LogP contribution in [0.4, 0.5) is 0 Å². The second kappa shape index (κ2) is 54.4. The van der Waals surface area contributed by atoms with E-state index in [0.29, 0.717) is 12.8 Å². The van der Waals surface area contributed by atoms with Gasteiger partial charge in [0.05, 0.1) is 18.8 Å². The number of nitrogens with one attached hydrogen (secondary N) is 1. The molecule has 0 saturated carbocycles. The molecule has 0 rings (SSSR count). The summed E-state index contributed by atoms with van der Waals surface area (Å²) in [5.74, 6) is -0.140. The summed E-state index contributed by atoms with van der Waals surface area (Å²) in [6.45, 7) is 4.21. The lowest BCUT2D eigenvalue weighted by Crippen LogP contribution is -2.50. The van der Waals surface area contributed by atoms with E-state index in [2.05, 4.69) is 43.5 Å². The van der Waals surface area contributed by atoms with Crippen LogP contribution in [-0.2, 0) is 4.79 Å². The molecule has 0 heterocycles. The van der Waals surface area contributed by atoms with Crippen LogP contribution in [0.3, 0.4) is 0 Å². The molecule has 0 aromatic rings. The Morgan fingerprint density at radius 1 is 0.391 bits per heavy atom. The molecule has 0 spiro atoms. The first-order valence-corrected chi connectivity index (χ1v) is 29.1. The number of aliphatic hydroxyl groups is 3. The third-order valence-corrected chi connectivity index (χ3v) is 13.8. The summed E-state index contributed by atoms with van der Waals surface area (Å²) in [4.78, 5) is 12.5. The molecule has 0 radical (unpaired) electrons. The lowest BCUT2D eigenvalue weighted by Gasteiger charge is -2.26. The molecule has 0 aliphatic rings. The Morgan fingerprint density at radius 2 is 0.672 bits per heavy atom. The van der Waals surface area contributed by atoms with E-state index in [1.165, 1.54) is 250 Å². The number of carbonyl (C=O) groups excluding carboxylic acids is 1. The van der Waals surface area contributed by atoms with Crippen molar-refractivity contribution in [1.29, 1.82) is 0 Å². The standard InChI is InChI=1S/C59H115NO4/c1-3-5-7-9-11-13-15-17-19-20-21-22-23-24-25-26-27-28-29-30-31-32-33-34-35-36-37-38-40-42-44-46-48-50-52-54-58(63)60-56(55-61)59(64)57(62)53-51-49-47-45-43-41-39-18-16-14-12-10-8-6-4-2/h23-24,26-27,56-57,59,61-62,64H,3-22,25,28-55H2,1-2H3,(H,60,63)/b24-23-,27-26-. The first-order chi connectivity index (χ1) is 31.6. The molecule has 4 N–H and O–H groups in total. The van der Waals surface area contributed by atoms with Crippen LogP contribution in [0, 0.1) is 0 Å². The number of hydrogen-bond acceptors (Lipinski definition) is 4. The van der Waals surface area contributed by atoms with Gasteiger partial charge < -0.3 is 20.6 Å². The van der Waals surface area contributed by atoms with E-state index in [-0.39, 0.29) is 12.5 Å². The van der Waals surface area contributed by atoms with Gasteiger partial charge in [0.15, 0.2) is 0 Å². The van der Waals surface area contributed by atoms with Crippen molar-refractivity contribution in [3.8, 4) is 0 Å². The number of aliphatic hydroxyl groups excluding tert-OH is 3. The lowest BCUT2D eigenvalue weighted by atomic mass is 9.99. The Balaban J connectivity index is 3.47. The highest BCUT2D eigenvalue weighted by Crippen LogP contribution is 2.18. The number of hydrogen-bond donors (Lipinski definition) is 4. The van der Waals surface area contributed by atoms with E-state index >= 15 is 0 Å². The van der Waals surface area contributed by atoms with Gasteiger partial charge in [-0.3, -0.25) is 4.79 Å². The van der Waals surface area contributed by atoms with Gasteiger partial charge in [0.25, 0.3) is 0 Å². The zero-order valence-electron chi connectivity index (χ0n) is 43.4. The van der Waals surface area contributed by atoms with Crippen LogP contribution in [0.15, 0.2) is 24.3 Å². The van der Waals surface area contributed by atoms with Crippen molar-refractivity contribution < 1.29 is 20.1 Å².